The normalized spacial score (nSPS) is 15.4. The number of benzene rings is 1. The van der Waals surface area contributed by atoms with Gasteiger partial charge in [0.1, 0.15) is 11.5 Å². The number of hydrogen-bond donors (Lipinski definition) is 1. The number of carboxylic acids is 1. The highest BCUT2D eigenvalue weighted by atomic mass is 16.5. The lowest BCUT2D eigenvalue weighted by Crippen LogP contribution is -2.49. The van der Waals surface area contributed by atoms with Crippen molar-refractivity contribution in [1.82, 2.24) is 4.90 Å². The second-order valence-corrected chi connectivity index (χ2v) is 5.70. The summed E-state index contributed by atoms with van der Waals surface area (Å²) in [6.07, 6.45) is 1.92. The predicted octanol–water partition coefficient (Wildman–Crippen LogP) is 2.78. The third-order valence-electron chi connectivity index (χ3n) is 3.67. The van der Waals surface area contributed by atoms with Crippen molar-refractivity contribution in [2.45, 2.75) is 33.2 Å². The van der Waals surface area contributed by atoms with E-state index in [1.165, 1.54) is 0 Å². The van der Waals surface area contributed by atoms with Crippen molar-refractivity contribution >= 4 is 5.97 Å². The smallest absolute Gasteiger partial charge is 0.309 e. The van der Waals surface area contributed by atoms with Gasteiger partial charge < -0.3 is 14.6 Å². The van der Waals surface area contributed by atoms with Crippen LogP contribution < -0.4 is 9.47 Å². The first kappa shape index (κ1) is 16.6. The summed E-state index contributed by atoms with van der Waals surface area (Å²) >= 11 is 0. The van der Waals surface area contributed by atoms with Crippen LogP contribution >= 0.6 is 0 Å². The summed E-state index contributed by atoms with van der Waals surface area (Å²) in [5.74, 6) is 0.729. The van der Waals surface area contributed by atoms with Crippen LogP contribution in [0.3, 0.4) is 0 Å². The summed E-state index contributed by atoms with van der Waals surface area (Å²) in [5.41, 5.74) is 1.08. The van der Waals surface area contributed by atoms with E-state index in [0.29, 0.717) is 26.3 Å². The van der Waals surface area contributed by atoms with Gasteiger partial charge in [0.15, 0.2) is 0 Å². The Kier molecular flexibility index (Phi) is 6.07. The van der Waals surface area contributed by atoms with Gasteiger partial charge in [0.2, 0.25) is 0 Å². The molecule has 1 fully saturated rings. The first-order chi connectivity index (χ1) is 10.6. The summed E-state index contributed by atoms with van der Waals surface area (Å²) in [6.45, 7) is 7.45. The molecule has 0 radical (unpaired) electrons. The number of aliphatic carboxylic acids is 1. The average molecular weight is 307 g/mol. The molecule has 122 valence electrons. The van der Waals surface area contributed by atoms with Gasteiger partial charge in [0.25, 0.3) is 0 Å². The van der Waals surface area contributed by atoms with Crippen LogP contribution in [0, 0.1) is 5.92 Å². The molecular formula is C17H25NO4. The number of ether oxygens (including phenoxy) is 2. The van der Waals surface area contributed by atoms with E-state index in [9.17, 15) is 4.79 Å². The van der Waals surface area contributed by atoms with Gasteiger partial charge in [-0.2, -0.15) is 0 Å². The van der Waals surface area contributed by atoms with E-state index in [2.05, 4.69) is 18.7 Å². The fourth-order valence-corrected chi connectivity index (χ4v) is 2.42. The third-order valence-corrected chi connectivity index (χ3v) is 3.67. The molecule has 1 N–H and O–H groups in total. The van der Waals surface area contributed by atoms with Crippen LogP contribution in [-0.2, 0) is 11.3 Å². The van der Waals surface area contributed by atoms with Crippen molar-refractivity contribution in [3.05, 3.63) is 23.8 Å². The summed E-state index contributed by atoms with van der Waals surface area (Å²) in [6, 6.07) is 5.91. The fraction of sp³-hybridized carbons (Fsp3) is 0.588. The molecule has 0 aliphatic carbocycles. The second kappa shape index (κ2) is 8.03. The minimum atomic E-state index is -0.706. The largest absolute Gasteiger partial charge is 0.493 e. The van der Waals surface area contributed by atoms with Crippen molar-refractivity contribution < 1.29 is 19.4 Å². The molecule has 0 saturated carbocycles. The maximum absolute atomic E-state index is 10.9. The van der Waals surface area contributed by atoms with Crippen molar-refractivity contribution in [3.63, 3.8) is 0 Å². The number of likely N-dealkylation sites (tertiary alicyclic amines) is 1. The van der Waals surface area contributed by atoms with Crippen LogP contribution in [0.2, 0.25) is 0 Å². The molecule has 1 heterocycles. The summed E-state index contributed by atoms with van der Waals surface area (Å²) in [4.78, 5) is 13.0. The Balaban J connectivity index is 2.00. The summed E-state index contributed by atoms with van der Waals surface area (Å²) in [7, 11) is 0. The monoisotopic (exact) mass is 307 g/mol. The molecule has 0 atom stereocenters. The minimum absolute atomic E-state index is 0.229. The molecule has 1 aromatic carbocycles. The van der Waals surface area contributed by atoms with Crippen LogP contribution in [0.4, 0.5) is 0 Å². The fourth-order valence-electron chi connectivity index (χ4n) is 2.42. The molecule has 0 amide bonds. The van der Waals surface area contributed by atoms with Crippen LogP contribution in [0.25, 0.3) is 0 Å². The van der Waals surface area contributed by atoms with Gasteiger partial charge in [0, 0.05) is 31.3 Å². The third kappa shape index (κ3) is 4.37. The Hall–Kier alpha value is -1.75. The van der Waals surface area contributed by atoms with Crippen LogP contribution in [0.1, 0.15) is 32.3 Å². The van der Waals surface area contributed by atoms with Crippen molar-refractivity contribution in [3.8, 4) is 11.5 Å². The molecule has 5 heteroatoms. The maximum Gasteiger partial charge on any atom is 0.309 e. The number of carbonyl (C=O) groups is 1. The van der Waals surface area contributed by atoms with Gasteiger partial charge in [-0.05, 0) is 18.9 Å². The van der Waals surface area contributed by atoms with Crippen molar-refractivity contribution in [2.75, 3.05) is 26.3 Å². The van der Waals surface area contributed by atoms with Gasteiger partial charge in [-0.1, -0.05) is 19.9 Å². The zero-order chi connectivity index (χ0) is 15.9. The molecule has 0 unspecified atom stereocenters. The van der Waals surface area contributed by atoms with Gasteiger partial charge >= 0.3 is 5.97 Å². The molecule has 22 heavy (non-hydrogen) atoms. The van der Waals surface area contributed by atoms with E-state index in [1.807, 2.05) is 18.2 Å². The molecule has 0 aromatic heterocycles. The predicted molar refractivity (Wildman–Crippen MR) is 84.4 cm³/mol. The van der Waals surface area contributed by atoms with Gasteiger partial charge in [-0.25, -0.2) is 0 Å². The van der Waals surface area contributed by atoms with E-state index in [0.717, 1.165) is 36.4 Å². The number of nitrogens with zero attached hydrogens (tertiary/aromatic N) is 1. The summed E-state index contributed by atoms with van der Waals surface area (Å²) in [5, 5.41) is 8.94. The molecule has 5 nitrogen and oxygen atoms in total. The molecule has 2 rings (SSSR count). The highest BCUT2D eigenvalue weighted by molar-refractivity contribution is 5.71. The lowest BCUT2D eigenvalue weighted by molar-refractivity contribution is -0.147. The minimum Gasteiger partial charge on any atom is -0.493 e. The van der Waals surface area contributed by atoms with Gasteiger partial charge in [-0.15, -0.1) is 0 Å². The Morgan fingerprint density at radius 3 is 2.55 bits per heavy atom. The van der Waals surface area contributed by atoms with E-state index in [-0.39, 0.29) is 5.92 Å². The topological polar surface area (TPSA) is 59.0 Å². The van der Waals surface area contributed by atoms with Gasteiger partial charge in [-0.3, -0.25) is 9.69 Å². The molecule has 1 saturated heterocycles. The highest BCUT2D eigenvalue weighted by Gasteiger charge is 2.32. The second-order valence-electron chi connectivity index (χ2n) is 5.70. The number of carboxylic acid groups (broad SMARTS) is 1. The Bertz CT molecular complexity index is 497. The number of hydrogen-bond acceptors (Lipinski definition) is 4. The molecule has 1 aliphatic rings. The lowest BCUT2D eigenvalue weighted by atomic mass is 9.99. The standard InChI is InChI=1S/C17H25NO4/c1-3-7-21-15-6-5-13(16(9-15)22-8-4-2)10-18-11-14(12-18)17(19)20/h5-6,9,14H,3-4,7-8,10-12H2,1-2H3,(H,19,20). The summed E-state index contributed by atoms with van der Waals surface area (Å²) < 4.78 is 11.5. The van der Waals surface area contributed by atoms with E-state index in [4.69, 9.17) is 14.6 Å². The van der Waals surface area contributed by atoms with E-state index < -0.39 is 5.97 Å². The molecule has 1 aliphatic heterocycles. The molecule has 0 spiro atoms. The van der Waals surface area contributed by atoms with Crippen LogP contribution in [0.5, 0.6) is 11.5 Å². The molecular weight excluding hydrogens is 282 g/mol. The first-order valence-corrected chi connectivity index (χ1v) is 7.97. The zero-order valence-electron chi connectivity index (χ0n) is 13.4. The van der Waals surface area contributed by atoms with Gasteiger partial charge in [0.05, 0.1) is 19.1 Å². The number of rotatable bonds is 9. The average Bonchev–Trinajstić information content (AvgIpc) is 2.46. The SMILES string of the molecule is CCCOc1ccc(CN2CC(C(=O)O)C2)c(OCCC)c1. The lowest BCUT2D eigenvalue weighted by Gasteiger charge is -2.36. The van der Waals surface area contributed by atoms with Crippen LogP contribution in [0.15, 0.2) is 18.2 Å². The molecule has 1 aromatic rings. The quantitative estimate of drug-likeness (QED) is 0.760. The highest BCUT2D eigenvalue weighted by Crippen LogP contribution is 2.29. The van der Waals surface area contributed by atoms with E-state index >= 15 is 0 Å². The maximum atomic E-state index is 10.9. The zero-order valence-corrected chi connectivity index (χ0v) is 13.4. The Labute approximate surface area is 131 Å². The van der Waals surface area contributed by atoms with Crippen LogP contribution in [-0.4, -0.2) is 42.3 Å². The molecule has 0 bridgehead atoms. The van der Waals surface area contributed by atoms with E-state index in [1.54, 1.807) is 0 Å². The Morgan fingerprint density at radius 2 is 1.91 bits per heavy atom. The van der Waals surface area contributed by atoms with Crippen molar-refractivity contribution in [2.24, 2.45) is 5.92 Å². The first-order valence-electron chi connectivity index (χ1n) is 7.97. The Morgan fingerprint density at radius 1 is 1.23 bits per heavy atom. The van der Waals surface area contributed by atoms with Crippen molar-refractivity contribution in [1.29, 1.82) is 0 Å².